The number of carbonyl (C=O) groups excluding carboxylic acids is 3. The highest BCUT2D eigenvalue weighted by atomic mass is 35.5. The lowest BCUT2D eigenvalue weighted by molar-refractivity contribution is -0.132. The highest BCUT2D eigenvalue weighted by Crippen LogP contribution is 2.40. The third kappa shape index (κ3) is 3.29. The fourth-order valence-electron chi connectivity index (χ4n) is 3.57. The van der Waals surface area contributed by atoms with Gasteiger partial charge in [0.25, 0.3) is 5.91 Å². The van der Waals surface area contributed by atoms with Gasteiger partial charge in [-0.2, -0.15) is 5.10 Å². The van der Waals surface area contributed by atoms with Crippen LogP contribution in [0, 0.1) is 0 Å². The van der Waals surface area contributed by atoms with E-state index in [9.17, 15) is 14.4 Å². The van der Waals surface area contributed by atoms with Crippen LogP contribution in [0.2, 0.25) is 5.02 Å². The van der Waals surface area contributed by atoms with E-state index in [-0.39, 0.29) is 24.3 Å². The molecule has 0 aliphatic carbocycles. The average molecular weight is 422 g/mol. The van der Waals surface area contributed by atoms with E-state index in [1.807, 2.05) is 0 Å². The number of likely N-dealkylation sites (N-methyl/N-ethyl adjacent to an activating group) is 2. The minimum absolute atomic E-state index is 0.0359. The zero-order valence-electron chi connectivity index (χ0n) is 15.6. The molecule has 2 aromatic rings. The average Bonchev–Trinajstić information content (AvgIpc) is 3.25. The number of aromatic nitrogens is 2. The lowest BCUT2D eigenvalue weighted by Crippen LogP contribution is -2.37. The molecule has 0 radical (unpaired) electrons. The van der Waals surface area contributed by atoms with Crippen molar-refractivity contribution < 1.29 is 14.4 Å². The lowest BCUT2D eigenvalue weighted by atomic mass is 10.0. The van der Waals surface area contributed by atoms with Crippen LogP contribution in [0.1, 0.15) is 27.2 Å². The number of thiophene rings is 1. The van der Waals surface area contributed by atoms with Crippen LogP contribution in [-0.2, 0) is 29.1 Å². The van der Waals surface area contributed by atoms with Crippen molar-refractivity contribution in [3.63, 3.8) is 0 Å². The molecule has 0 N–H and O–H groups in total. The summed E-state index contributed by atoms with van der Waals surface area (Å²) in [6.45, 7) is 1.57. The second-order valence-electron chi connectivity index (χ2n) is 7.03. The number of anilines is 1. The summed E-state index contributed by atoms with van der Waals surface area (Å²) in [4.78, 5) is 43.5. The molecule has 2 aliphatic heterocycles. The summed E-state index contributed by atoms with van der Waals surface area (Å²) in [7, 11) is 3.35. The Labute approximate surface area is 171 Å². The first-order valence-electron chi connectivity index (χ1n) is 8.97. The summed E-state index contributed by atoms with van der Waals surface area (Å²) in [6.07, 6.45) is 4.18. The van der Waals surface area contributed by atoms with Gasteiger partial charge < -0.3 is 14.7 Å². The highest BCUT2D eigenvalue weighted by Gasteiger charge is 2.36. The van der Waals surface area contributed by atoms with Crippen molar-refractivity contribution in [2.75, 3.05) is 32.1 Å². The molecular formula is C18H20ClN5O3S. The Morgan fingerprint density at radius 1 is 1.29 bits per heavy atom. The van der Waals surface area contributed by atoms with Gasteiger partial charge in [0.2, 0.25) is 11.8 Å². The molecule has 0 bridgehead atoms. The number of amides is 3. The highest BCUT2D eigenvalue weighted by molar-refractivity contribution is 7.17. The van der Waals surface area contributed by atoms with Gasteiger partial charge in [-0.05, 0) is 12.0 Å². The number of rotatable bonds is 3. The fourth-order valence-corrected chi connectivity index (χ4v) is 5.06. The van der Waals surface area contributed by atoms with Gasteiger partial charge >= 0.3 is 0 Å². The molecule has 4 rings (SSSR count). The summed E-state index contributed by atoms with van der Waals surface area (Å²) in [5.41, 5.74) is 1.59. The first kappa shape index (κ1) is 18.9. The van der Waals surface area contributed by atoms with Crippen LogP contribution < -0.4 is 4.90 Å². The van der Waals surface area contributed by atoms with Crippen molar-refractivity contribution in [3.05, 3.63) is 33.4 Å². The predicted octanol–water partition coefficient (Wildman–Crippen LogP) is 1.62. The zero-order chi connectivity index (χ0) is 20.0. The third-order valence-corrected chi connectivity index (χ3v) is 6.65. The van der Waals surface area contributed by atoms with Crippen molar-refractivity contribution in [2.45, 2.75) is 25.9 Å². The molecule has 2 aromatic heterocycles. The number of fused-ring (bicyclic) bond motifs is 3. The van der Waals surface area contributed by atoms with E-state index in [1.165, 1.54) is 16.2 Å². The molecule has 10 heteroatoms. The summed E-state index contributed by atoms with van der Waals surface area (Å²) in [6, 6.07) is 0. The van der Waals surface area contributed by atoms with Crippen LogP contribution in [0.15, 0.2) is 12.4 Å². The Kier molecular flexibility index (Phi) is 4.88. The van der Waals surface area contributed by atoms with Gasteiger partial charge in [-0.1, -0.05) is 11.6 Å². The maximum Gasteiger partial charge on any atom is 0.257 e. The minimum Gasteiger partial charge on any atom is -0.337 e. The van der Waals surface area contributed by atoms with E-state index < -0.39 is 0 Å². The van der Waals surface area contributed by atoms with E-state index in [4.69, 9.17) is 11.6 Å². The lowest BCUT2D eigenvalue weighted by Gasteiger charge is -2.27. The predicted molar refractivity (Wildman–Crippen MR) is 106 cm³/mol. The van der Waals surface area contributed by atoms with Gasteiger partial charge in [0.05, 0.1) is 23.3 Å². The van der Waals surface area contributed by atoms with E-state index in [2.05, 4.69) is 5.10 Å². The number of nitrogens with zero attached hydrogens (tertiary/aromatic N) is 5. The molecule has 0 saturated heterocycles. The maximum atomic E-state index is 12.8. The van der Waals surface area contributed by atoms with E-state index in [1.54, 1.807) is 41.0 Å². The molecule has 3 amide bonds. The van der Waals surface area contributed by atoms with Crippen LogP contribution in [0.5, 0.6) is 0 Å². The molecule has 0 fully saturated rings. The summed E-state index contributed by atoms with van der Waals surface area (Å²) >= 11 is 7.29. The quantitative estimate of drug-likeness (QED) is 0.754. The van der Waals surface area contributed by atoms with Crippen LogP contribution in [0.4, 0.5) is 5.00 Å². The first-order valence-corrected chi connectivity index (χ1v) is 10.2. The van der Waals surface area contributed by atoms with Gasteiger partial charge in [0, 0.05) is 44.7 Å². The Morgan fingerprint density at radius 2 is 2.07 bits per heavy atom. The molecule has 28 heavy (non-hydrogen) atoms. The zero-order valence-corrected chi connectivity index (χ0v) is 17.2. The third-order valence-electron chi connectivity index (χ3n) is 5.16. The molecule has 0 aromatic carbocycles. The van der Waals surface area contributed by atoms with Crippen molar-refractivity contribution in [3.8, 4) is 0 Å². The molecule has 0 unspecified atom stereocenters. The largest absolute Gasteiger partial charge is 0.337 e. The molecule has 4 heterocycles. The smallest absolute Gasteiger partial charge is 0.257 e. The molecule has 0 saturated carbocycles. The monoisotopic (exact) mass is 421 g/mol. The molecule has 148 valence electrons. The van der Waals surface area contributed by atoms with Crippen molar-refractivity contribution in [1.82, 2.24) is 19.6 Å². The van der Waals surface area contributed by atoms with Crippen LogP contribution in [-0.4, -0.2) is 64.5 Å². The number of hydrogen-bond acceptors (Lipinski definition) is 5. The molecule has 0 atom stereocenters. The SMILES string of the molecule is CN1CC(=O)N(C)c2sc3c(c2C1=O)CCN(C(=O)CCn1cc(Cl)cn1)C3. The Balaban J connectivity index is 1.52. The van der Waals surface area contributed by atoms with Gasteiger partial charge in [0.15, 0.2) is 0 Å². The van der Waals surface area contributed by atoms with Crippen molar-refractivity contribution >= 4 is 45.7 Å². The van der Waals surface area contributed by atoms with E-state index in [0.717, 1.165) is 10.4 Å². The number of aryl methyl sites for hydroxylation is 1. The molecule has 2 aliphatic rings. The Hall–Kier alpha value is -2.39. The molecular weight excluding hydrogens is 402 g/mol. The minimum atomic E-state index is -0.125. The van der Waals surface area contributed by atoms with Crippen molar-refractivity contribution in [1.29, 1.82) is 0 Å². The topological polar surface area (TPSA) is 78.8 Å². The van der Waals surface area contributed by atoms with Crippen LogP contribution >= 0.6 is 22.9 Å². The summed E-state index contributed by atoms with van der Waals surface area (Å²) in [5.74, 6) is -0.201. The van der Waals surface area contributed by atoms with E-state index in [0.29, 0.717) is 48.1 Å². The van der Waals surface area contributed by atoms with Crippen molar-refractivity contribution in [2.24, 2.45) is 0 Å². The van der Waals surface area contributed by atoms with Crippen LogP contribution in [0.3, 0.4) is 0 Å². The Morgan fingerprint density at radius 3 is 2.79 bits per heavy atom. The second-order valence-corrected chi connectivity index (χ2v) is 8.55. The van der Waals surface area contributed by atoms with Gasteiger partial charge in [-0.25, -0.2) is 0 Å². The number of hydrogen-bond donors (Lipinski definition) is 0. The maximum absolute atomic E-state index is 12.8. The number of carbonyl (C=O) groups is 3. The molecule has 0 spiro atoms. The van der Waals surface area contributed by atoms with Crippen LogP contribution in [0.25, 0.3) is 0 Å². The standard InChI is InChI=1S/C18H20ClN5O3S/c1-21-10-15(26)22(2)18-16(17(21)27)12-3-5-23(9-13(12)28-18)14(25)4-6-24-8-11(19)7-20-24/h7-8H,3-6,9-10H2,1-2H3. The second kappa shape index (κ2) is 7.21. The number of halogens is 1. The van der Waals surface area contributed by atoms with Gasteiger partial charge in [-0.15, -0.1) is 11.3 Å². The fraction of sp³-hybridized carbons (Fsp3) is 0.444. The Bertz CT molecular complexity index is 969. The normalized spacial score (nSPS) is 16.9. The molecule has 8 nitrogen and oxygen atoms in total. The van der Waals surface area contributed by atoms with Gasteiger partial charge in [0.1, 0.15) is 11.5 Å². The van der Waals surface area contributed by atoms with E-state index >= 15 is 0 Å². The summed E-state index contributed by atoms with van der Waals surface area (Å²) < 4.78 is 1.65. The van der Waals surface area contributed by atoms with Gasteiger partial charge in [-0.3, -0.25) is 19.1 Å². The first-order chi connectivity index (χ1) is 13.3. The summed E-state index contributed by atoms with van der Waals surface area (Å²) in [5, 5.41) is 5.32.